The van der Waals surface area contributed by atoms with Crippen molar-refractivity contribution in [1.29, 1.82) is 0 Å². The smallest absolute Gasteiger partial charge is 0.312 e. The summed E-state index contributed by atoms with van der Waals surface area (Å²) < 4.78 is 42.1. The molecular formula is C59H71N9O8S. The number of sulfonamides is 1. The van der Waals surface area contributed by atoms with Crippen molar-refractivity contribution in [1.82, 2.24) is 29.5 Å². The molecule has 77 heavy (non-hydrogen) atoms. The highest BCUT2D eigenvalue weighted by molar-refractivity contribution is 7.90. The Kier molecular flexibility index (Phi) is 14.5. The van der Waals surface area contributed by atoms with Gasteiger partial charge >= 0.3 is 5.69 Å². The van der Waals surface area contributed by atoms with E-state index in [-0.39, 0.29) is 34.5 Å². The van der Waals surface area contributed by atoms with Gasteiger partial charge in [-0.1, -0.05) is 50.2 Å². The van der Waals surface area contributed by atoms with E-state index >= 15 is 0 Å². The van der Waals surface area contributed by atoms with Crippen LogP contribution in [0.4, 0.5) is 17.2 Å². The van der Waals surface area contributed by atoms with Gasteiger partial charge in [0.1, 0.15) is 27.8 Å². The van der Waals surface area contributed by atoms with E-state index in [4.69, 9.17) is 9.47 Å². The third-order valence-corrected chi connectivity index (χ3v) is 18.6. The molecule has 406 valence electrons. The molecule has 3 aromatic heterocycles. The van der Waals surface area contributed by atoms with Crippen LogP contribution in [0.5, 0.6) is 17.2 Å². The number of aliphatic hydroxyl groups is 1. The van der Waals surface area contributed by atoms with Gasteiger partial charge in [0.2, 0.25) is 5.82 Å². The molecule has 5 aliphatic rings. The summed E-state index contributed by atoms with van der Waals surface area (Å²) in [5.41, 5.74) is 5.90. The van der Waals surface area contributed by atoms with Crippen molar-refractivity contribution in [3.05, 3.63) is 135 Å². The lowest BCUT2D eigenvalue weighted by molar-refractivity contribution is -0.384. The van der Waals surface area contributed by atoms with Crippen LogP contribution in [0.1, 0.15) is 135 Å². The van der Waals surface area contributed by atoms with Crippen molar-refractivity contribution < 1.29 is 32.7 Å². The van der Waals surface area contributed by atoms with Gasteiger partial charge in [0.25, 0.3) is 15.9 Å². The van der Waals surface area contributed by atoms with E-state index in [9.17, 15) is 28.4 Å². The van der Waals surface area contributed by atoms with E-state index in [1.54, 1.807) is 38.4 Å². The highest BCUT2D eigenvalue weighted by Crippen LogP contribution is 2.54. The van der Waals surface area contributed by atoms with Crippen LogP contribution in [0.15, 0.2) is 102 Å². The number of carbonyl (C=O) groups excluding carboxylic acids is 1. The average Bonchev–Trinajstić information content (AvgIpc) is 4.15. The number of fused-ring (bicyclic) bond motifs is 1. The molecule has 2 saturated heterocycles. The molecule has 2 aliphatic heterocycles. The highest BCUT2D eigenvalue weighted by Gasteiger charge is 2.50. The Hall–Kier alpha value is -6.60. The summed E-state index contributed by atoms with van der Waals surface area (Å²) in [5.74, 6) is 1.65. The molecule has 17 nitrogen and oxygen atoms in total. The van der Waals surface area contributed by atoms with Gasteiger partial charge in [0.15, 0.2) is 0 Å². The van der Waals surface area contributed by atoms with Crippen molar-refractivity contribution in [2.45, 2.75) is 126 Å². The zero-order chi connectivity index (χ0) is 53.6. The molecule has 11 rings (SSSR count). The minimum atomic E-state index is -4.65. The molecule has 0 bridgehead atoms. The van der Waals surface area contributed by atoms with Gasteiger partial charge in [-0.3, -0.25) is 24.7 Å². The second-order valence-corrected chi connectivity index (χ2v) is 24.8. The number of piperazine rings is 1. The van der Waals surface area contributed by atoms with Crippen molar-refractivity contribution in [2.24, 2.45) is 11.3 Å². The second-order valence-electron chi connectivity index (χ2n) is 23.1. The molecule has 3 aliphatic carbocycles. The second kappa shape index (κ2) is 21.3. The summed E-state index contributed by atoms with van der Waals surface area (Å²) >= 11 is 0. The van der Waals surface area contributed by atoms with Crippen molar-refractivity contribution in [3.63, 3.8) is 0 Å². The number of nitrogens with zero attached hydrogens (tertiary/aromatic N) is 6. The predicted octanol–water partition coefficient (Wildman–Crippen LogP) is 10.4. The number of amides is 1. The molecule has 1 atom stereocenters. The van der Waals surface area contributed by atoms with Crippen LogP contribution >= 0.6 is 0 Å². The fraction of sp³-hybridized carbons (Fsp3) is 0.475. The number of methoxy groups -OCH3 is 1. The number of benzene rings is 3. The first-order valence-corrected chi connectivity index (χ1v) is 28.9. The van der Waals surface area contributed by atoms with Crippen LogP contribution in [0, 0.1) is 21.4 Å². The molecule has 4 N–H and O–H groups in total. The van der Waals surface area contributed by atoms with Crippen molar-refractivity contribution in [3.8, 4) is 17.2 Å². The first-order valence-electron chi connectivity index (χ1n) is 27.4. The van der Waals surface area contributed by atoms with Gasteiger partial charge in [-0.05, 0) is 147 Å². The van der Waals surface area contributed by atoms with Crippen molar-refractivity contribution >= 4 is 44.2 Å². The number of anilines is 2. The van der Waals surface area contributed by atoms with Crippen molar-refractivity contribution in [2.75, 3.05) is 56.6 Å². The number of pyridine rings is 2. The molecule has 0 radical (unpaired) electrons. The van der Waals surface area contributed by atoms with E-state index in [0.29, 0.717) is 48.7 Å². The molecule has 3 saturated carbocycles. The maximum absolute atomic E-state index is 14.1. The molecule has 0 unspecified atom stereocenters. The number of H-pyrrole nitrogens is 1. The highest BCUT2D eigenvalue weighted by atomic mass is 32.2. The number of carbonyl (C=O) groups is 1. The zero-order valence-electron chi connectivity index (χ0n) is 44.5. The van der Waals surface area contributed by atoms with Gasteiger partial charge in [-0.25, -0.2) is 23.1 Å². The third kappa shape index (κ3) is 11.4. The Morgan fingerprint density at radius 3 is 2.43 bits per heavy atom. The monoisotopic (exact) mass is 1070 g/mol. The zero-order valence-corrected chi connectivity index (χ0v) is 45.4. The van der Waals surface area contributed by atoms with Crippen LogP contribution in [0.25, 0.3) is 11.0 Å². The lowest BCUT2D eigenvalue weighted by atomic mass is 9.59. The maximum atomic E-state index is 14.1. The number of hydrogen-bond acceptors (Lipinski definition) is 14. The Morgan fingerprint density at radius 2 is 1.69 bits per heavy atom. The number of aromatic nitrogens is 3. The summed E-state index contributed by atoms with van der Waals surface area (Å²) in [4.78, 5) is 44.5. The lowest BCUT2D eigenvalue weighted by Crippen LogP contribution is -2.60. The molecule has 6 aromatic rings. The maximum Gasteiger partial charge on any atom is 0.312 e. The fourth-order valence-corrected chi connectivity index (χ4v) is 13.6. The SMILES string of the molecule is COc1cc(CN2CCN(C3CC4(CCN(c5ccc(C(=O)NS(=O)(=O)c6cnc(NCC7CCC(C)(O)CC7)c([N+](=O)[O-])c6)c(Oc6cnc7[nH]ccc7c6)c5)CC4)C3)[C@H](c3ccccc3C(C)C)C2)ccc1C1CC1. The number of nitro groups is 1. The van der Waals surface area contributed by atoms with Crippen LogP contribution in [-0.2, 0) is 16.6 Å². The Balaban J connectivity index is 0.776. The minimum absolute atomic E-state index is 0.0473. The summed E-state index contributed by atoms with van der Waals surface area (Å²) in [7, 11) is -2.86. The Morgan fingerprint density at radius 1 is 0.909 bits per heavy atom. The van der Waals surface area contributed by atoms with E-state index < -0.39 is 37.0 Å². The van der Waals surface area contributed by atoms with Gasteiger partial charge in [0, 0.05) is 87.3 Å². The normalized spacial score (nSPS) is 22.2. The van der Waals surface area contributed by atoms with E-state index in [1.165, 1.54) is 41.3 Å². The Labute approximate surface area is 451 Å². The standard InChI is InChI=1S/C59H71N9O8S/c1-38(2)47-7-5-6-8-49(47)52-37-65(36-40-9-13-48(41-10-11-41)53(27-40)75-4)25-26-67(52)44-31-59(32-44)20-23-66(24-21-59)43-12-14-50(54(29-43)76-45-28-42-17-22-60-55(42)62-34-45)57(69)64-77(73,74)46-30-51(68(71)72)56(63-35-46)61-33-39-15-18-58(3,70)19-16-39/h5-9,12-14,17,22,27-30,34-35,38-39,41,44,52,70H,10-11,15-16,18-21,23-26,31-33,36-37H2,1-4H3,(H,60,62)(H,61,63)(H,64,69)/t39?,52-,58?/m0/s1. The quantitative estimate of drug-likeness (QED) is 0.0495. The number of nitrogens with one attached hydrogen (secondary N) is 3. The first kappa shape index (κ1) is 52.5. The predicted molar refractivity (Wildman–Crippen MR) is 296 cm³/mol. The number of aromatic amines is 1. The molecule has 1 amide bonds. The molecule has 5 heterocycles. The number of piperidine rings is 1. The fourth-order valence-electron chi connectivity index (χ4n) is 12.6. The molecule has 3 aromatic carbocycles. The third-order valence-electron chi connectivity index (χ3n) is 17.3. The Bertz CT molecular complexity index is 3260. The van der Waals surface area contributed by atoms with Crippen LogP contribution in [0.3, 0.4) is 0 Å². The van der Waals surface area contributed by atoms with Crippen LogP contribution in [0.2, 0.25) is 0 Å². The minimum Gasteiger partial charge on any atom is -0.496 e. The summed E-state index contributed by atoms with van der Waals surface area (Å²) in [5, 5.41) is 26.4. The molecule has 18 heteroatoms. The van der Waals surface area contributed by atoms with E-state index in [1.807, 2.05) is 12.1 Å². The van der Waals surface area contributed by atoms with Crippen LogP contribution < -0.4 is 24.4 Å². The largest absolute Gasteiger partial charge is 0.496 e. The van der Waals surface area contributed by atoms with E-state index in [0.717, 1.165) is 107 Å². The molecule has 5 fully saturated rings. The first-order chi connectivity index (χ1) is 37.0. The van der Waals surface area contributed by atoms with Gasteiger partial charge in [-0.15, -0.1) is 0 Å². The lowest BCUT2D eigenvalue weighted by Gasteiger charge is -2.58. The average molecular weight is 1070 g/mol. The van der Waals surface area contributed by atoms with Gasteiger partial charge < -0.3 is 29.8 Å². The summed E-state index contributed by atoms with van der Waals surface area (Å²) in [6.45, 7) is 12.2. The number of rotatable bonds is 17. The molecule has 1 spiro atoms. The van der Waals surface area contributed by atoms with Gasteiger partial charge in [0.05, 0.1) is 35.6 Å². The number of ether oxygens (including phenoxy) is 2. The van der Waals surface area contributed by atoms with Crippen LogP contribution in [-0.4, -0.2) is 107 Å². The summed E-state index contributed by atoms with van der Waals surface area (Å²) in [6.07, 6.45) is 13.8. The summed E-state index contributed by atoms with van der Waals surface area (Å²) in [6, 6.07) is 26.4. The topological polar surface area (TPSA) is 208 Å². The number of hydrogen-bond donors (Lipinski definition) is 4. The molecular weight excluding hydrogens is 995 g/mol. The van der Waals surface area contributed by atoms with E-state index in [2.05, 4.69) is 96.0 Å². The van der Waals surface area contributed by atoms with Gasteiger partial charge in [-0.2, -0.15) is 0 Å².